The molecule has 1 aromatic carbocycles. The largest absolute Gasteiger partial charge is 0.442 e. The van der Waals surface area contributed by atoms with Gasteiger partial charge in [-0.25, -0.2) is 4.79 Å². The maximum absolute atomic E-state index is 10.9. The fraction of sp³-hybridized carbons (Fsp3) is 0.250. The van der Waals surface area contributed by atoms with Crippen LogP contribution in [-0.4, -0.2) is 23.3 Å². The number of carbonyl (C=O) groups excluding carboxylic acids is 1. The smallest absolute Gasteiger partial charge is 0.407 e. The molecular weight excluding hydrogens is 204 g/mol. The van der Waals surface area contributed by atoms with Crippen LogP contribution in [0.1, 0.15) is 0 Å². The predicted octanol–water partition coefficient (Wildman–Crippen LogP) is 1.75. The Morgan fingerprint density at radius 1 is 1.38 bits per heavy atom. The number of para-hydroxylation sites is 1. The first-order valence-corrected chi connectivity index (χ1v) is 5.31. The van der Waals surface area contributed by atoms with Crippen molar-refractivity contribution in [2.75, 3.05) is 6.54 Å². The summed E-state index contributed by atoms with van der Waals surface area (Å²) >= 11 is 0. The minimum atomic E-state index is -0.318. The van der Waals surface area contributed by atoms with E-state index in [2.05, 4.69) is 28.1 Å². The number of rotatable bonds is 2. The first-order chi connectivity index (χ1) is 7.83. The zero-order chi connectivity index (χ0) is 11.0. The summed E-state index contributed by atoms with van der Waals surface area (Å²) in [5, 5.41) is 3.86. The van der Waals surface area contributed by atoms with Gasteiger partial charge in [0.2, 0.25) is 0 Å². The minimum Gasteiger partial charge on any atom is -0.442 e. The van der Waals surface area contributed by atoms with Crippen LogP contribution in [0, 0.1) is 0 Å². The number of amides is 1. The molecule has 2 heterocycles. The number of hydrogen-bond donors (Lipinski definition) is 1. The number of hydrogen-bond acceptors (Lipinski definition) is 2. The van der Waals surface area contributed by atoms with Gasteiger partial charge >= 0.3 is 6.09 Å². The van der Waals surface area contributed by atoms with E-state index in [9.17, 15) is 4.79 Å². The fourth-order valence-corrected chi connectivity index (χ4v) is 2.05. The molecule has 82 valence electrons. The van der Waals surface area contributed by atoms with Gasteiger partial charge in [0.25, 0.3) is 0 Å². The Bertz CT molecular complexity index is 533. The summed E-state index contributed by atoms with van der Waals surface area (Å²) in [6.45, 7) is 1.29. The molecule has 4 heteroatoms. The van der Waals surface area contributed by atoms with E-state index < -0.39 is 0 Å². The van der Waals surface area contributed by atoms with Crippen molar-refractivity contribution in [1.82, 2.24) is 9.88 Å². The maximum atomic E-state index is 10.9. The van der Waals surface area contributed by atoms with E-state index in [-0.39, 0.29) is 12.2 Å². The van der Waals surface area contributed by atoms with Crippen LogP contribution in [0.3, 0.4) is 0 Å². The second-order valence-corrected chi connectivity index (χ2v) is 3.94. The lowest BCUT2D eigenvalue weighted by Gasteiger charge is -2.10. The van der Waals surface area contributed by atoms with E-state index >= 15 is 0 Å². The second kappa shape index (κ2) is 3.56. The summed E-state index contributed by atoms with van der Waals surface area (Å²) in [4.78, 5) is 10.9. The molecule has 1 fully saturated rings. The van der Waals surface area contributed by atoms with E-state index in [1.54, 1.807) is 0 Å². The first kappa shape index (κ1) is 9.27. The van der Waals surface area contributed by atoms with Crippen molar-refractivity contribution in [3.8, 4) is 0 Å². The van der Waals surface area contributed by atoms with Crippen molar-refractivity contribution >= 4 is 17.0 Å². The van der Waals surface area contributed by atoms with Crippen molar-refractivity contribution in [2.45, 2.75) is 12.6 Å². The highest BCUT2D eigenvalue weighted by molar-refractivity contribution is 5.80. The minimum absolute atomic E-state index is 0.0664. The Kier molecular flexibility index (Phi) is 2.06. The summed E-state index contributed by atoms with van der Waals surface area (Å²) < 4.78 is 7.22. The molecule has 0 saturated carbocycles. The lowest BCUT2D eigenvalue weighted by atomic mass is 10.2. The summed E-state index contributed by atoms with van der Waals surface area (Å²) in [7, 11) is 0. The van der Waals surface area contributed by atoms with Crippen molar-refractivity contribution in [1.29, 1.82) is 0 Å². The van der Waals surface area contributed by atoms with E-state index in [0.29, 0.717) is 13.1 Å². The van der Waals surface area contributed by atoms with Gasteiger partial charge in [0, 0.05) is 11.7 Å². The standard InChI is InChI=1S/C12H12N2O2/c15-12-13-7-10(16-12)8-14-6-5-9-3-1-2-4-11(9)14/h1-6,10H,7-8H2,(H,13,15). The molecule has 0 radical (unpaired) electrons. The Hall–Kier alpha value is -1.97. The van der Waals surface area contributed by atoms with Crippen LogP contribution >= 0.6 is 0 Å². The van der Waals surface area contributed by atoms with E-state index in [4.69, 9.17) is 4.74 Å². The van der Waals surface area contributed by atoms with Crippen LogP contribution < -0.4 is 5.32 Å². The Balaban J connectivity index is 1.86. The number of benzene rings is 1. The Morgan fingerprint density at radius 2 is 2.25 bits per heavy atom. The van der Waals surface area contributed by atoms with Crippen LogP contribution in [0.2, 0.25) is 0 Å². The molecule has 1 aliphatic rings. The number of nitrogens with zero attached hydrogens (tertiary/aromatic N) is 1. The third-order valence-corrected chi connectivity index (χ3v) is 2.83. The third-order valence-electron chi connectivity index (χ3n) is 2.83. The highest BCUT2D eigenvalue weighted by atomic mass is 16.6. The first-order valence-electron chi connectivity index (χ1n) is 5.31. The van der Waals surface area contributed by atoms with Crippen LogP contribution in [0.15, 0.2) is 36.5 Å². The number of nitrogens with one attached hydrogen (secondary N) is 1. The zero-order valence-corrected chi connectivity index (χ0v) is 8.72. The molecule has 1 amide bonds. The number of aromatic nitrogens is 1. The molecule has 1 unspecified atom stereocenters. The summed E-state index contributed by atoms with van der Waals surface area (Å²) in [6.07, 6.45) is 1.64. The maximum Gasteiger partial charge on any atom is 0.407 e. The highest BCUT2D eigenvalue weighted by Gasteiger charge is 2.22. The van der Waals surface area contributed by atoms with Crippen molar-refractivity contribution < 1.29 is 9.53 Å². The van der Waals surface area contributed by atoms with Crippen molar-refractivity contribution in [3.63, 3.8) is 0 Å². The monoisotopic (exact) mass is 216 g/mol. The van der Waals surface area contributed by atoms with Gasteiger partial charge in [0.15, 0.2) is 0 Å². The van der Waals surface area contributed by atoms with Gasteiger partial charge in [-0.1, -0.05) is 18.2 Å². The lowest BCUT2D eigenvalue weighted by Crippen LogP contribution is -2.20. The van der Waals surface area contributed by atoms with E-state index in [0.717, 1.165) is 0 Å². The molecule has 2 aromatic rings. The van der Waals surface area contributed by atoms with Crippen LogP contribution in [-0.2, 0) is 11.3 Å². The van der Waals surface area contributed by atoms with Crippen LogP contribution in [0.4, 0.5) is 4.79 Å². The molecule has 4 nitrogen and oxygen atoms in total. The Morgan fingerprint density at radius 3 is 3.06 bits per heavy atom. The third kappa shape index (κ3) is 1.52. The topological polar surface area (TPSA) is 43.3 Å². The fourth-order valence-electron chi connectivity index (χ4n) is 2.05. The molecule has 0 spiro atoms. The molecular formula is C12H12N2O2. The van der Waals surface area contributed by atoms with Crippen molar-refractivity contribution in [2.24, 2.45) is 0 Å². The number of fused-ring (bicyclic) bond motifs is 1. The number of cyclic esters (lactones) is 1. The predicted molar refractivity (Wildman–Crippen MR) is 60.2 cm³/mol. The van der Waals surface area contributed by atoms with Crippen LogP contribution in [0.5, 0.6) is 0 Å². The average Bonchev–Trinajstić information content (AvgIpc) is 2.87. The summed E-state index contributed by atoms with van der Waals surface area (Å²) in [6, 6.07) is 10.2. The molecule has 3 rings (SSSR count). The van der Waals surface area contributed by atoms with E-state index in [1.165, 1.54) is 10.9 Å². The van der Waals surface area contributed by atoms with Crippen molar-refractivity contribution in [3.05, 3.63) is 36.5 Å². The molecule has 1 aliphatic heterocycles. The summed E-state index contributed by atoms with van der Waals surface area (Å²) in [5.41, 5.74) is 1.17. The zero-order valence-electron chi connectivity index (χ0n) is 8.72. The lowest BCUT2D eigenvalue weighted by molar-refractivity contribution is 0.131. The SMILES string of the molecule is O=C1NCC(Cn2ccc3ccccc32)O1. The van der Waals surface area contributed by atoms with Crippen LogP contribution in [0.25, 0.3) is 10.9 Å². The Labute approximate surface area is 92.8 Å². The normalized spacial score (nSPS) is 19.8. The quantitative estimate of drug-likeness (QED) is 0.831. The van der Waals surface area contributed by atoms with Gasteiger partial charge in [0.1, 0.15) is 6.10 Å². The number of ether oxygens (including phenoxy) is 1. The molecule has 1 saturated heterocycles. The molecule has 16 heavy (non-hydrogen) atoms. The highest BCUT2D eigenvalue weighted by Crippen LogP contribution is 2.16. The summed E-state index contributed by atoms with van der Waals surface area (Å²) in [5.74, 6) is 0. The molecule has 1 atom stereocenters. The van der Waals surface area contributed by atoms with Gasteiger partial charge in [-0.15, -0.1) is 0 Å². The van der Waals surface area contributed by atoms with Gasteiger partial charge in [-0.05, 0) is 17.5 Å². The van der Waals surface area contributed by atoms with Gasteiger partial charge in [-0.3, -0.25) is 0 Å². The number of alkyl carbamates (subject to hydrolysis) is 1. The van der Waals surface area contributed by atoms with Gasteiger partial charge in [0.05, 0.1) is 13.1 Å². The van der Waals surface area contributed by atoms with E-state index in [1.807, 2.05) is 18.3 Å². The van der Waals surface area contributed by atoms with Gasteiger partial charge < -0.3 is 14.6 Å². The molecule has 0 bridgehead atoms. The number of carbonyl (C=O) groups is 1. The molecule has 1 N–H and O–H groups in total. The molecule has 0 aliphatic carbocycles. The van der Waals surface area contributed by atoms with Gasteiger partial charge in [-0.2, -0.15) is 0 Å². The molecule has 1 aromatic heterocycles. The average molecular weight is 216 g/mol. The second-order valence-electron chi connectivity index (χ2n) is 3.94.